The van der Waals surface area contributed by atoms with Crippen molar-refractivity contribution in [3.63, 3.8) is 0 Å². The van der Waals surface area contributed by atoms with Crippen molar-refractivity contribution >= 4 is 0 Å². The molecular weight excluding hydrogens is 965 g/mol. The molecule has 418 valence electrons. The summed E-state index contributed by atoms with van der Waals surface area (Å²) in [5, 5.41) is 132. The molecule has 22 heteroatoms. The monoisotopic (exact) mass is 1050 g/mol. The highest BCUT2D eigenvalue weighted by molar-refractivity contribution is 5.29. The van der Waals surface area contributed by atoms with E-state index in [1.807, 2.05) is 0 Å². The maximum Gasteiger partial charge on any atom is 0.187 e. The van der Waals surface area contributed by atoms with E-state index in [1.165, 1.54) is 19.4 Å². The van der Waals surface area contributed by atoms with Crippen LogP contribution in [-0.2, 0) is 47.4 Å². The van der Waals surface area contributed by atoms with Crippen LogP contribution < -0.4 is 0 Å². The van der Waals surface area contributed by atoms with Crippen LogP contribution in [0.25, 0.3) is 0 Å². The summed E-state index contributed by atoms with van der Waals surface area (Å²) < 4.78 is 62.2. The molecule has 0 bridgehead atoms. The first-order valence-electron chi connectivity index (χ1n) is 26.8. The SMILES string of the molecule is CC1CCC2(OC1)OC1CC3C4CC=C5CC(OC6OC(CO)C(OC7OC(C)C(O)C(O)C7OC7OC(CO)C(O)C(O)C7O)C(O)C6OC6OC(C)C(O)C(O)C6O)CCC5(C)C4CCC3(C)C1(O)C2C. The van der Waals surface area contributed by atoms with Gasteiger partial charge in [0.2, 0.25) is 0 Å². The molecule has 10 aliphatic rings. The Morgan fingerprint density at radius 1 is 0.589 bits per heavy atom. The number of hydrogen-bond acceptors (Lipinski definition) is 22. The van der Waals surface area contributed by atoms with Gasteiger partial charge in [-0.25, -0.2) is 0 Å². The van der Waals surface area contributed by atoms with Crippen molar-refractivity contribution in [3.05, 3.63) is 11.6 Å². The minimum Gasteiger partial charge on any atom is -0.394 e. The fourth-order valence-electron chi connectivity index (χ4n) is 15.4. The first-order chi connectivity index (χ1) is 34.5. The molecule has 0 amide bonds. The summed E-state index contributed by atoms with van der Waals surface area (Å²) in [5.74, 6) is 0.451. The van der Waals surface area contributed by atoms with Crippen LogP contribution in [0.5, 0.6) is 0 Å². The van der Waals surface area contributed by atoms with Gasteiger partial charge in [-0.1, -0.05) is 39.3 Å². The molecule has 0 aromatic heterocycles. The number of hydrogen-bond donors (Lipinski definition) is 12. The van der Waals surface area contributed by atoms with Crippen LogP contribution in [0.4, 0.5) is 0 Å². The van der Waals surface area contributed by atoms with Gasteiger partial charge in [0, 0.05) is 17.8 Å². The number of allylic oxidation sites excluding steroid dienone is 1. The average Bonchev–Trinajstić information content (AvgIpc) is 3.73. The highest BCUT2D eigenvalue weighted by Gasteiger charge is 2.76. The zero-order valence-corrected chi connectivity index (χ0v) is 42.6. The summed E-state index contributed by atoms with van der Waals surface area (Å²) in [6.45, 7) is 10.9. The van der Waals surface area contributed by atoms with Gasteiger partial charge in [0.15, 0.2) is 30.9 Å². The van der Waals surface area contributed by atoms with Gasteiger partial charge in [0.1, 0.15) is 91.1 Å². The lowest BCUT2D eigenvalue weighted by Gasteiger charge is -2.60. The predicted molar refractivity (Wildman–Crippen MR) is 247 cm³/mol. The van der Waals surface area contributed by atoms with Crippen molar-refractivity contribution < 1.29 is 109 Å². The molecule has 73 heavy (non-hydrogen) atoms. The van der Waals surface area contributed by atoms with Crippen LogP contribution in [0, 0.1) is 40.4 Å². The minimum absolute atomic E-state index is 0.169. The van der Waals surface area contributed by atoms with Crippen LogP contribution in [0.2, 0.25) is 0 Å². The molecule has 12 N–H and O–H groups in total. The van der Waals surface area contributed by atoms with E-state index in [0.717, 1.165) is 44.9 Å². The van der Waals surface area contributed by atoms with E-state index in [-0.39, 0.29) is 28.8 Å². The highest BCUT2D eigenvalue weighted by Crippen LogP contribution is 2.72. The molecule has 0 radical (unpaired) electrons. The molecule has 0 aromatic rings. The molecule has 4 aliphatic carbocycles. The van der Waals surface area contributed by atoms with E-state index >= 15 is 0 Å². The lowest BCUT2D eigenvalue weighted by molar-refractivity contribution is -0.400. The molecule has 31 atom stereocenters. The van der Waals surface area contributed by atoms with Crippen LogP contribution in [0.3, 0.4) is 0 Å². The van der Waals surface area contributed by atoms with E-state index in [2.05, 4.69) is 33.8 Å². The lowest BCUT2D eigenvalue weighted by Crippen LogP contribution is -2.67. The number of ether oxygens (including phenoxy) is 10. The Labute approximate surface area is 425 Å². The van der Waals surface area contributed by atoms with Crippen LogP contribution >= 0.6 is 0 Å². The topological polar surface area (TPSA) is 335 Å². The van der Waals surface area contributed by atoms with E-state index < -0.39 is 154 Å². The molecule has 0 aromatic carbocycles. The van der Waals surface area contributed by atoms with Gasteiger partial charge in [0.25, 0.3) is 0 Å². The Morgan fingerprint density at radius 2 is 1.18 bits per heavy atom. The minimum atomic E-state index is -1.92. The summed E-state index contributed by atoms with van der Waals surface area (Å²) in [6.07, 6.45) is -23.7. The van der Waals surface area contributed by atoms with Crippen LogP contribution in [-0.4, -0.2) is 228 Å². The Morgan fingerprint density at radius 3 is 1.84 bits per heavy atom. The zero-order chi connectivity index (χ0) is 52.4. The van der Waals surface area contributed by atoms with E-state index in [9.17, 15) is 61.3 Å². The van der Waals surface area contributed by atoms with Gasteiger partial charge < -0.3 is 109 Å². The highest BCUT2D eigenvalue weighted by atomic mass is 16.8. The van der Waals surface area contributed by atoms with Gasteiger partial charge in [0.05, 0.1) is 44.2 Å². The van der Waals surface area contributed by atoms with Gasteiger partial charge in [-0.3, -0.25) is 0 Å². The maximum atomic E-state index is 12.9. The number of fused-ring (bicyclic) bond motifs is 7. The number of rotatable bonds is 10. The van der Waals surface area contributed by atoms with Crippen molar-refractivity contribution in [2.45, 2.75) is 246 Å². The normalized spacial score (nSPS) is 58.2. The Hall–Kier alpha value is -1.14. The Balaban J connectivity index is 0.873. The molecule has 1 spiro atoms. The third-order valence-corrected chi connectivity index (χ3v) is 20.0. The van der Waals surface area contributed by atoms with Crippen molar-refractivity contribution in [2.75, 3.05) is 19.8 Å². The molecule has 22 nitrogen and oxygen atoms in total. The fourth-order valence-corrected chi connectivity index (χ4v) is 15.4. The molecule has 6 saturated heterocycles. The fraction of sp³-hybridized carbons (Fsp3) is 0.961. The lowest BCUT2D eigenvalue weighted by atomic mass is 9.46. The molecule has 3 saturated carbocycles. The summed E-state index contributed by atoms with van der Waals surface area (Å²) in [7, 11) is 0. The average molecular weight is 1050 g/mol. The molecule has 6 heterocycles. The number of aliphatic hydroxyl groups is 12. The molecule has 10 rings (SSSR count). The third-order valence-electron chi connectivity index (χ3n) is 20.0. The van der Waals surface area contributed by atoms with E-state index in [4.69, 9.17) is 47.4 Å². The van der Waals surface area contributed by atoms with Gasteiger partial charge in [-0.2, -0.15) is 0 Å². The predicted octanol–water partition coefficient (Wildman–Crippen LogP) is -1.82. The number of aliphatic hydroxyl groups excluding tert-OH is 11. The first-order valence-corrected chi connectivity index (χ1v) is 26.8. The second kappa shape index (κ2) is 20.5. The zero-order valence-electron chi connectivity index (χ0n) is 42.6. The van der Waals surface area contributed by atoms with Crippen molar-refractivity contribution in [2.24, 2.45) is 40.4 Å². The largest absolute Gasteiger partial charge is 0.394 e. The quantitative estimate of drug-likeness (QED) is 0.107. The van der Waals surface area contributed by atoms with Gasteiger partial charge in [-0.15, -0.1) is 0 Å². The molecule has 9 fully saturated rings. The standard InChI is InChI=1S/C51H82O22/c1-20-9-14-50(64-19-20)23(4)51(63)31(73-50)16-28-26-8-7-24-15-25(10-12-48(24,5)27(26)11-13-49(28,51)6)67-47-43(72-44-38(60)35(57)32(54)21(2)65-44)40(62)41(30(18-53)69-47)70-46-42(37(59)33(55)22(3)66-46)71-45-39(61)36(58)34(56)29(17-52)68-45/h7,20-23,25-47,52-63H,8-19H2,1-6H3. The van der Waals surface area contributed by atoms with Gasteiger partial charge >= 0.3 is 0 Å². The summed E-state index contributed by atoms with van der Waals surface area (Å²) in [4.78, 5) is 0. The molecular formula is C51H82O22. The van der Waals surface area contributed by atoms with Crippen molar-refractivity contribution in [1.82, 2.24) is 0 Å². The smallest absolute Gasteiger partial charge is 0.187 e. The van der Waals surface area contributed by atoms with E-state index in [1.54, 1.807) is 0 Å². The Kier molecular flexibility index (Phi) is 15.5. The molecule has 6 aliphatic heterocycles. The first kappa shape index (κ1) is 55.2. The second-order valence-electron chi connectivity index (χ2n) is 24.0. The molecule has 31 unspecified atom stereocenters. The summed E-state index contributed by atoms with van der Waals surface area (Å²) >= 11 is 0. The van der Waals surface area contributed by atoms with Gasteiger partial charge in [-0.05, 0) is 94.3 Å². The second-order valence-corrected chi connectivity index (χ2v) is 24.0. The Bertz CT molecular complexity index is 1960. The van der Waals surface area contributed by atoms with Crippen LogP contribution in [0.15, 0.2) is 11.6 Å². The third kappa shape index (κ3) is 8.94. The summed E-state index contributed by atoms with van der Waals surface area (Å²) in [5.41, 5.74) is -0.299. The van der Waals surface area contributed by atoms with Crippen LogP contribution in [0.1, 0.15) is 99.3 Å². The van der Waals surface area contributed by atoms with Crippen molar-refractivity contribution in [3.8, 4) is 0 Å². The van der Waals surface area contributed by atoms with E-state index in [0.29, 0.717) is 37.2 Å². The van der Waals surface area contributed by atoms with Crippen molar-refractivity contribution in [1.29, 1.82) is 0 Å². The summed E-state index contributed by atoms with van der Waals surface area (Å²) in [6, 6.07) is 0. The maximum absolute atomic E-state index is 12.9.